The van der Waals surface area contributed by atoms with Gasteiger partial charge in [0.25, 0.3) is 15.7 Å². The highest BCUT2D eigenvalue weighted by molar-refractivity contribution is 7.92. The first-order valence-corrected chi connectivity index (χ1v) is 7.19. The predicted octanol–water partition coefficient (Wildman–Crippen LogP) is 1.87. The zero-order valence-electron chi connectivity index (χ0n) is 11.0. The molecule has 0 saturated carbocycles. The monoisotopic (exact) mass is 314 g/mol. The first kappa shape index (κ1) is 14.9. The van der Waals surface area contributed by atoms with Crippen LogP contribution in [0.1, 0.15) is 11.4 Å². The molecule has 0 aliphatic heterocycles. The Labute approximate surface area is 119 Å². The van der Waals surface area contributed by atoms with Gasteiger partial charge in [-0.25, -0.2) is 12.8 Å². The molecule has 0 fully saturated rings. The van der Waals surface area contributed by atoms with Crippen molar-refractivity contribution in [3.8, 4) is 0 Å². The van der Waals surface area contributed by atoms with Crippen molar-refractivity contribution in [1.82, 2.24) is 10.2 Å². The second kappa shape index (κ2) is 5.13. The summed E-state index contributed by atoms with van der Waals surface area (Å²) >= 11 is 0. The zero-order chi connectivity index (χ0) is 15.8. The molecule has 0 bridgehead atoms. The lowest BCUT2D eigenvalue weighted by atomic mass is 10.2. The van der Waals surface area contributed by atoms with E-state index in [1.165, 1.54) is 13.8 Å². The fourth-order valence-electron chi connectivity index (χ4n) is 1.89. The summed E-state index contributed by atoms with van der Waals surface area (Å²) in [6, 6.07) is 3.07. The molecule has 0 amide bonds. The van der Waals surface area contributed by atoms with E-state index in [1.807, 2.05) is 4.72 Å². The second-order valence-corrected chi connectivity index (χ2v) is 5.88. The minimum atomic E-state index is -4.20. The predicted molar refractivity (Wildman–Crippen MR) is 71.9 cm³/mol. The molecule has 8 nitrogen and oxygen atoms in total. The Morgan fingerprint density at radius 3 is 2.57 bits per heavy atom. The van der Waals surface area contributed by atoms with Crippen molar-refractivity contribution in [2.75, 3.05) is 4.72 Å². The Morgan fingerprint density at radius 1 is 1.38 bits per heavy atom. The van der Waals surface area contributed by atoms with Crippen LogP contribution in [-0.2, 0) is 10.0 Å². The Kier molecular flexibility index (Phi) is 3.64. The van der Waals surface area contributed by atoms with Gasteiger partial charge in [-0.05, 0) is 19.9 Å². The summed E-state index contributed by atoms with van der Waals surface area (Å²) in [4.78, 5) is 9.83. The number of nitrogens with one attached hydrogen (secondary N) is 2. The van der Waals surface area contributed by atoms with Crippen LogP contribution in [0.5, 0.6) is 0 Å². The van der Waals surface area contributed by atoms with Crippen molar-refractivity contribution < 1.29 is 17.7 Å². The molecule has 0 aliphatic carbocycles. The molecule has 1 aromatic heterocycles. The van der Waals surface area contributed by atoms with E-state index in [9.17, 15) is 22.9 Å². The molecule has 0 radical (unpaired) electrons. The number of halogens is 1. The minimum absolute atomic E-state index is 0.167. The van der Waals surface area contributed by atoms with Gasteiger partial charge >= 0.3 is 0 Å². The number of nitro groups is 1. The van der Waals surface area contributed by atoms with Crippen LogP contribution < -0.4 is 4.72 Å². The molecule has 0 aliphatic rings. The van der Waals surface area contributed by atoms with Gasteiger partial charge < -0.3 is 0 Å². The van der Waals surface area contributed by atoms with Crippen LogP contribution >= 0.6 is 0 Å². The number of anilines is 1. The first-order chi connectivity index (χ1) is 9.74. The summed E-state index contributed by atoms with van der Waals surface area (Å²) in [5.41, 5.74) is -0.946. The number of rotatable bonds is 4. The number of H-pyrrole nitrogens is 1. The Bertz CT molecular complexity index is 796. The molecular formula is C11H11FN4O4S. The van der Waals surface area contributed by atoms with Crippen LogP contribution in [0.4, 0.5) is 15.8 Å². The minimum Gasteiger partial charge on any atom is -0.281 e. The van der Waals surface area contributed by atoms with Gasteiger partial charge in [0, 0.05) is 6.07 Å². The highest BCUT2D eigenvalue weighted by Gasteiger charge is 2.27. The van der Waals surface area contributed by atoms with Crippen LogP contribution in [0, 0.1) is 29.8 Å². The summed E-state index contributed by atoms with van der Waals surface area (Å²) in [5, 5.41) is 17.1. The molecule has 2 aromatic rings. The molecule has 1 heterocycles. The molecule has 0 atom stereocenters. The lowest BCUT2D eigenvalue weighted by Gasteiger charge is -2.09. The SMILES string of the molecule is Cc1n[nH]c(C)c1S(=O)(=O)Nc1c(F)cccc1[N+](=O)[O-]. The molecule has 0 spiro atoms. The van der Waals surface area contributed by atoms with Gasteiger partial charge in [0.2, 0.25) is 0 Å². The summed E-state index contributed by atoms with van der Waals surface area (Å²) in [5.74, 6) is -1.04. The van der Waals surface area contributed by atoms with E-state index < -0.39 is 32.1 Å². The maximum atomic E-state index is 13.7. The third-order valence-corrected chi connectivity index (χ3v) is 4.37. The number of aryl methyl sites for hydroxylation is 2. The fraction of sp³-hybridized carbons (Fsp3) is 0.182. The van der Waals surface area contributed by atoms with Crippen LogP contribution in [0.2, 0.25) is 0 Å². The third-order valence-electron chi connectivity index (χ3n) is 2.75. The van der Waals surface area contributed by atoms with E-state index >= 15 is 0 Å². The second-order valence-electron chi connectivity index (χ2n) is 4.26. The van der Waals surface area contributed by atoms with Crippen molar-refractivity contribution in [3.63, 3.8) is 0 Å². The van der Waals surface area contributed by atoms with Crippen molar-refractivity contribution >= 4 is 21.4 Å². The van der Waals surface area contributed by atoms with Crippen LogP contribution in [0.3, 0.4) is 0 Å². The van der Waals surface area contributed by atoms with E-state index in [1.54, 1.807) is 0 Å². The quantitative estimate of drug-likeness (QED) is 0.659. The maximum Gasteiger partial charge on any atom is 0.296 e. The smallest absolute Gasteiger partial charge is 0.281 e. The molecule has 10 heteroatoms. The number of benzene rings is 1. The van der Waals surface area contributed by atoms with E-state index in [0.29, 0.717) is 0 Å². The van der Waals surface area contributed by atoms with Crippen molar-refractivity contribution in [2.24, 2.45) is 0 Å². The standard InChI is InChI=1S/C11H11FN4O4S/c1-6-11(7(2)14-13-6)21(19,20)15-10-8(12)4-3-5-9(10)16(17)18/h3-5,15H,1-2H3,(H,13,14). The van der Waals surface area contributed by atoms with Crippen LogP contribution in [-0.4, -0.2) is 23.5 Å². The van der Waals surface area contributed by atoms with Gasteiger partial charge in [0.1, 0.15) is 4.90 Å². The van der Waals surface area contributed by atoms with Gasteiger partial charge in [-0.1, -0.05) is 6.07 Å². The number of nitrogens with zero attached hydrogens (tertiary/aromatic N) is 2. The Morgan fingerprint density at radius 2 is 2.05 bits per heavy atom. The van der Waals surface area contributed by atoms with Gasteiger partial charge in [-0.3, -0.25) is 19.9 Å². The Hall–Kier alpha value is -2.49. The van der Waals surface area contributed by atoms with Crippen LogP contribution in [0.15, 0.2) is 23.1 Å². The number of nitro benzene ring substituents is 1. The maximum absolute atomic E-state index is 13.7. The Balaban J connectivity index is 2.55. The van der Waals surface area contributed by atoms with Crippen molar-refractivity contribution in [3.05, 3.63) is 45.5 Å². The van der Waals surface area contributed by atoms with Crippen molar-refractivity contribution in [2.45, 2.75) is 18.7 Å². The topological polar surface area (TPSA) is 118 Å². The molecule has 21 heavy (non-hydrogen) atoms. The van der Waals surface area contributed by atoms with E-state index in [0.717, 1.165) is 18.2 Å². The number of sulfonamides is 1. The van der Waals surface area contributed by atoms with Crippen LogP contribution in [0.25, 0.3) is 0 Å². The average molecular weight is 314 g/mol. The molecule has 2 rings (SSSR count). The largest absolute Gasteiger partial charge is 0.296 e. The van der Waals surface area contributed by atoms with E-state index in [2.05, 4.69) is 10.2 Å². The lowest BCUT2D eigenvalue weighted by Crippen LogP contribution is -2.16. The lowest BCUT2D eigenvalue weighted by molar-refractivity contribution is -0.384. The molecule has 0 saturated heterocycles. The average Bonchev–Trinajstić information content (AvgIpc) is 2.71. The molecule has 2 N–H and O–H groups in total. The number of hydrogen-bond acceptors (Lipinski definition) is 5. The normalized spacial score (nSPS) is 11.4. The third kappa shape index (κ3) is 2.70. The first-order valence-electron chi connectivity index (χ1n) is 5.71. The van der Waals surface area contributed by atoms with E-state index in [-0.39, 0.29) is 16.3 Å². The molecule has 112 valence electrons. The van der Waals surface area contributed by atoms with Gasteiger partial charge in [-0.2, -0.15) is 5.10 Å². The summed E-state index contributed by atoms with van der Waals surface area (Å²) in [7, 11) is -4.20. The van der Waals surface area contributed by atoms with Gasteiger partial charge in [0.05, 0.1) is 16.3 Å². The fourth-order valence-corrected chi connectivity index (χ4v) is 3.34. The number of hydrogen-bond donors (Lipinski definition) is 2. The van der Waals surface area contributed by atoms with Gasteiger partial charge in [-0.15, -0.1) is 0 Å². The van der Waals surface area contributed by atoms with Crippen molar-refractivity contribution in [1.29, 1.82) is 0 Å². The summed E-state index contributed by atoms with van der Waals surface area (Å²) < 4.78 is 40.2. The molecular weight excluding hydrogens is 303 g/mol. The molecule has 0 unspecified atom stereocenters. The highest BCUT2D eigenvalue weighted by Crippen LogP contribution is 2.30. The number of aromatic nitrogens is 2. The molecule has 1 aromatic carbocycles. The number of para-hydroxylation sites is 1. The summed E-state index contributed by atoms with van der Waals surface area (Å²) in [6.07, 6.45) is 0. The van der Waals surface area contributed by atoms with Gasteiger partial charge in [0.15, 0.2) is 11.5 Å². The number of aromatic amines is 1. The highest BCUT2D eigenvalue weighted by atomic mass is 32.2. The summed E-state index contributed by atoms with van der Waals surface area (Å²) in [6.45, 7) is 2.93. The van der Waals surface area contributed by atoms with E-state index in [4.69, 9.17) is 0 Å². The zero-order valence-corrected chi connectivity index (χ0v) is 11.9.